The second-order valence-electron chi connectivity index (χ2n) is 6.99. The zero-order valence-corrected chi connectivity index (χ0v) is 15.0. The van der Waals surface area contributed by atoms with Crippen LogP contribution in [0.5, 0.6) is 0 Å². The van der Waals surface area contributed by atoms with Crippen LogP contribution < -0.4 is 15.1 Å². The molecule has 4 rings (SSSR count). The van der Waals surface area contributed by atoms with Gasteiger partial charge in [0.15, 0.2) is 18.7 Å². The lowest BCUT2D eigenvalue weighted by Crippen LogP contribution is -3.28. The molecule has 2 heterocycles. The predicted molar refractivity (Wildman–Crippen MR) is 99.0 cm³/mol. The molecule has 1 saturated heterocycles. The Morgan fingerprint density at radius 3 is 2.63 bits per heavy atom. The van der Waals surface area contributed by atoms with E-state index in [1.807, 2.05) is 24.3 Å². The standard InChI is InChI=1S/C20H21FN4O2/c21-15-4-3-5-16(12-15)22-19(26)13-24-8-10-25(11-9-24)14-20-23-17-6-1-2-7-18(17)27-20/h1-7,12H,8-11,13-14H2,(H,22,26)/p+2. The number of nitrogens with one attached hydrogen (secondary N) is 3. The molecule has 1 aliphatic heterocycles. The van der Waals surface area contributed by atoms with E-state index in [1.165, 1.54) is 21.9 Å². The van der Waals surface area contributed by atoms with Crippen LogP contribution in [0, 0.1) is 5.82 Å². The minimum atomic E-state index is -0.350. The number of nitrogens with zero attached hydrogens (tertiary/aromatic N) is 1. The molecule has 1 amide bonds. The number of anilines is 1. The van der Waals surface area contributed by atoms with E-state index in [0.29, 0.717) is 12.2 Å². The Morgan fingerprint density at radius 1 is 1.07 bits per heavy atom. The maximum Gasteiger partial charge on any atom is 0.279 e. The number of halogens is 1. The van der Waals surface area contributed by atoms with Gasteiger partial charge in [0.25, 0.3) is 11.8 Å². The van der Waals surface area contributed by atoms with Crippen molar-refractivity contribution in [2.75, 3.05) is 38.0 Å². The number of hydrogen-bond acceptors (Lipinski definition) is 3. The third-order valence-corrected chi connectivity index (χ3v) is 4.92. The molecule has 3 N–H and O–H groups in total. The summed E-state index contributed by atoms with van der Waals surface area (Å²) in [5.74, 6) is 0.327. The number of aromatic nitrogens is 1. The Bertz CT molecular complexity index is 901. The van der Waals surface area contributed by atoms with Crippen molar-refractivity contribution >= 4 is 22.7 Å². The van der Waals surface area contributed by atoms with E-state index >= 15 is 0 Å². The summed E-state index contributed by atoms with van der Waals surface area (Å²) in [5.41, 5.74) is 2.22. The molecule has 1 aromatic heterocycles. The first-order chi connectivity index (χ1) is 13.2. The summed E-state index contributed by atoms with van der Waals surface area (Å²) >= 11 is 0. The Kier molecular flexibility index (Phi) is 5.13. The van der Waals surface area contributed by atoms with Crippen molar-refractivity contribution in [3.63, 3.8) is 0 Å². The zero-order chi connectivity index (χ0) is 18.6. The van der Waals surface area contributed by atoms with Gasteiger partial charge in [0.05, 0.1) is 0 Å². The molecule has 0 bridgehead atoms. The van der Waals surface area contributed by atoms with Gasteiger partial charge in [-0.3, -0.25) is 4.79 Å². The molecule has 1 aliphatic rings. The van der Waals surface area contributed by atoms with E-state index in [1.54, 1.807) is 12.1 Å². The maximum absolute atomic E-state index is 13.2. The Balaban J connectivity index is 1.25. The van der Waals surface area contributed by atoms with Crippen molar-refractivity contribution in [3.05, 3.63) is 60.2 Å². The second-order valence-corrected chi connectivity index (χ2v) is 6.99. The fourth-order valence-electron chi connectivity index (χ4n) is 3.52. The zero-order valence-electron chi connectivity index (χ0n) is 15.0. The number of carbonyl (C=O) groups is 1. The van der Waals surface area contributed by atoms with Gasteiger partial charge in [-0.15, -0.1) is 0 Å². The Hall–Kier alpha value is -2.77. The number of oxazole rings is 1. The quantitative estimate of drug-likeness (QED) is 0.587. The normalized spacial score (nSPS) is 19.9. The van der Waals surface area contributed by atoms with Crippen molar-refractivity contribution < 1.29 is 23.4 Å². The molecule has 27 heavy (non-hydrogen) atoms. The van der Waals surface area contributed by atoms with Crippen LogP contribution >= 0.6 is 0 Å². The molecular weight excluding hydrogens is 347 g/mol. The highest BCUT2D eigenvalue weighted by Crippen LogP contribution is 2.13. The van der Waals surface area contributed by atoms with E-state index in [2.05, 4.69) is 10.3 Å². The molecule has 0 saturated carbocycles. The summed E-state index contributed by atoms with van der Waals surface area (Å²) in [6.45, 7) is 4.89. The SMILES string of the molecule is O=C(C[NH+]1CC[NH+](Cc2nc3ccccc3o2)CC1)Nc1cccc(F)c1. The highest BCUT2D eigenvalue weighted by Gasteiger charge is 2.26. The minimum absolute atomic E-state index is 0.0852. The van der Waals surface area contributed by atoms with Crippen LogP contribution in [0.1, 0.15) is 5.89 Å². The molecule has 3 aromatic rings. The van der Waals surface area contributed by atoms with E-state index in [4.69, 9.17) is 4.42 Å². The van der Waals surface area contributed by atoms with Crippen molar-refractivity contribution in [1.29, 1.82) is 0 Å². The Morgan fingerprint density at radius 2 is 1.85 bits per heavy atom. The van der Waals surface area contributed by atoms with Gasteiger partial charge in [-0.25, -0.2) is 9.37 Å². The number of rotatable bonds is 5. The molecule has 0 spiro atoms. The van der Waals surface area contributed by atoms with Crippen LogP contribution in [-0.4, -0.2) is 43.6 Å². The monoisotopic (exact) mass is 370 g/mol. The number of quaternary nitrogens is 2. The topological polar surface area (TPSA) is 64.0 Å². The molecule has 140 valence electrons. The van der Waals surface area contributed by atoms with Gasteiger partial charge in [0, 0.05) is 5.69 Å². The summed E-state index contributed by atoms with van der Waals surface area (Å²) in [4.78, 5) is 19.4. The Labute approximate surface area is 156 Å². The summed E-state index contributed by atoms with van der Waals surface area (Å²) < 4.78 is 19.0. The largest absolute Gasteiger partial charge is 0.435 e. The lowest BCUT2D eigenvalue weighted by molar-refractivity contribution is -1.02. The van der Waals surface area contributed by atoms with Crippen LogP contribution in [0.2, 0.25) is 0 Å². The number of hydrogen-bond donors (Lipinski definition) is 3. The van der Waals surface area contributed by atoms with E-state index in [9.17, 15) is 9.18 Å². The maximum atomic E-state index is 13.2. The van der Waals surface area contributed by atoms with E-state index in [-0.39, 0.29) is 11.7 Å². The van der Waals surface area contributed by atoms with Crippen molar-refractivity contribution in [1.82, 2.24) is 4.98 Å². The number of piperazine rings is 1. The first-order valence-electron chi connectivity index (χ1n) is 9.23. The van der Waals surface area contributed by atoms with Crippen LogP contribution in [-0.2, 0) is 11.3 Å². The minimum Gasteiger partial charge on any atom is -0.435 e. The van der Waals surface area contributed by atoms with Crippen molar-refractivity contribution in [3.8, 4) is 0 Å². The van der Waals surface area contributed by atoms with E-state index < -0.39 is 0 Å². The molecular formula is C20H23FN4O2+2. The lowest BCUT2D eigenvalue weighted by Gasteiger charge is -2.28. The highest BCUT2D eigenvalue weighted by molar-refractivity contribution is 5.91. The molecule has 0 aliphatic carbocycles. The third-order valence-electron chi connectivity index (χ3n) is 4.92. The fraction of sp³-hybridized carbons (Fsp3) is 0.300. The van der Waals surface area contributed by atoms with Gasteiger partial charge < -0.3 is 19.5 Å². The molecule has 7 heteroatoms. The van der Waals surface area contributed by atoms with Crippen LogP contribution in [0.4, 0.5) is 10.1 Å². The van der Waals surface area contributed by atoms with Gasteiger partial charge in [0.1, 0.15) is 37.5 Å². The molecule has 0 unspecified atom stereocenters. The van der Waals surface area contributed by atoms with Gasteiger partial charge in [-0.1, -0.05) is 18.2 Å². The molecule has 0 atom stereocenters. The first-order valence-corrected chi connectivity index (χ1v) is 9.23. The summed E-state index contributed by atoms with van der Waals surface area (Å²) in [6.07, 6.45) is 0. The summed E-state index contributed by atoms with van der Waals surface area (Å²) in [5, 5.41) is 2.76. The fourth-order valence-corrected chi connectivity index (χ4v) is 3.52. The van der Waals surface area contributed by atoms with Gasteiger partial charge >= 0.3 is 0 Å². The van der Waals surface area contributed by atoms with Gasteiger partial charge in [-0.05, 0) is 30.3 Å². The molecule has 0 radical (unpaired) electrons. The third kappa shape index (κ3) is 4.50. The van der Waals surface area contributed by atoms with Crippen molar-refractivity contribution in [2.45, 2.75) is 6.54 Å². The molecule has 1 fully saturated rings. The predicted octanol–water partition coefficient (Wildman–Crippen LogP) is -0.111. The second kappa shape index (κ2) is 7.85. The first kappa shape index (κ1) is 17.6. The average molecular weight is 370 g/mol. The number of fused-ring (bicyclic) bond motifs is 1. The molecule has 2 aromatic carbocycles. The van der Waals surface area contributed by atoms with Gasteiger partial charge in [0.2, 0.25) is 0 Å². The number of carbonyl (C=O) groups excluding carboxylic acids is 1. The number of amides is 1. The number of para-hydroxylation sites is 2. The van der Waals surface area contributed by atoms with Crippen LogP contribution in [0.3, 0.4) is 0 Å². The summed E-state index contributed by atoms with van der Waals surface area (Å²) in [7, 11) is 0. The number of benzene rings is 2. The summed E-state index contributed by atoms with van der Waals surface area (Å²) in [6, 6.07) is 13.8. The molecule has 6 nitrogen and oxygen atoms in total. The van der Waals surface area contributed by atoms with Crippen LogP contribution in [0.15, 0.2) is 52.9 Å². The van der Waals surface area contributed by atoms with E-state index in [0.717, 1.165) is 49.7 Å². The lowest BCUT2D eigenvalue weighted by atomic mass is 10.3. The highest BCUT2D eigenvalue weighted by atomic mass is 19.1. The average Bonchev–Trinajstić information content (AvgIpc) is 3.05. The van der Waals surface area contributed by atoms with Gasteiger partial charge in [-0.2, -0.15) is 0 Å². The van der Waals surface area contributed by atoms with Crippen LogP contribution in [0.25, 0.3) is 11.1 Å². The van der Waals surface area contributed by atoms with Crippen molar-refractivity contribution in [2.24, 2.45) is 0 Å². The smallest absolute Gasteiger partial charge is 0.279 e.